The molecule has 0 amide bonds. The summed E-state index contributed by atoms with van der Waals surface area (Å²) in [4.78, 5) is 11.3. The summed E-state index contributed by atoms with van der Waals surface area (Å²) in [7, 11) is 1.45. The lowest BCUT2D eigenvalue weighted by Gasteiger charge is -2.04. The first kappa shape index (κ1) is 9.71. The van der Waals surface area contributed by atoms with E-state index in [1.165, 1.54) is 18.2 Å². The normalized spacial score (nSPS) is 19.1. The summed E-state index contributed by atoms with van der Waals surface area (Å²) in [5.41, 5.74) is 2.53. The molecule has 3 heteroatoms. The molecule has 0 fully saturated rings. The van der Waals surface area contributed by atoms with E-state index in [-0.39, 0.29) is 11.9 Å². The molecule has 0 unspecified atom stereocenters. The Labute approximate surface area is 91.4 Å². The van der Waals surface area contributed by atoms with Gasteiger partial charge in [-0.1, -0.05) is 22.0 Å². The molecule has 0 N–H and O–H groups in total. The third-order valence-electron chi connectivity index (χ3n) is 2.64. The molecule has 1 aliphatic rings. The first-order valence-electron chi connectivity index (χ1n) is 4.56. The number of rotatable bonds is 1. The molecule has 0 heterocycles. The Balaban J connectivity index is 2.22. The Morgan fingerprint density at radius 3 is 2.86 bits per heavy atom. The van der Waals surface area contributed by atoms with Gasteiger partial charge < -0.3 is 4.74 Å². The number of ether oxygens (including phenoxy) is 1. The van der Waals surface area contributed by atoms with Crippen LogP contribution in [0.3, 0.4) is 0 Å². The minimum absolute atomic E-state index is 0.0179. The molecule has 1 aromatic carbocycles. The number of hydrogen-bond donors (Lipinski definition) is 0. The predicted octanol–water partition coefficient (Wildman–Crippen LogP) is 2.34. The van der Waals surface area contributed by atoms with E-state index in [0.29, 0.717) is 0 Å². The Hall–Kier alpha value is -0.830. The van der Waals surface area contributed by atoms with Crippen LogP contribution < -0.4 is 0 Å². The summed E-state index contributed by atoms with van der Waals surface area (Å²) >= 11 is 3.42. The second-order valence-electron chi connectivity index (χ2n) is 3.54. The van der Waals surface area contributed by atoms with Gasteiger partial charge in [0.15, 0.2) is 0 Å². The van der Waals surface area contributed by atoms with Gasteiger partial charge in [0.25, 0.3) is 0 Å². The van der Waals surface area contributed by atoms with Crippen LogP contribution in [0, 0.1) is 5.92 Å². The topological polar surface area (TPSA) is 26.3 Å². The van der Waals surface area contributed by atoms with Crippen LogP contribution in [0.5, 0.6) is 0 Å². The van der Waals surface area contributed by atoms with Gasteiger partial charge in [-0.3, -0.25) is 4.79 Å². The molecule has 1 atom stereocenters. The van der Waals surface area contributed by atoms with E-state index in [4.69, 9.17) is 4.74 Å². The average Bonchev–Trinajstić information content (AvgIpc) is 2.59. The average molecular weight is 255 g/mol. The smallest absolute Gasteiger partial charge is 0.309 e. The maximum absolute atomic E-state index is 11.3. The second-order valence-corrected chi connectivity index (χ2v) is 4.46. The largest absolute Gasteiger partial charge is 0.469 e. The molecule has 0 radical (unpaired) electrons. The molecule has 2 nitrogen and oxygen atoms in total. The van der Waals surface area contributed by atoms with E-state index in [1.807, 2.05) is 6.07 Å². The first-order valence-corrected chi connectivity index (χ1v) is 5.35. The minimum Gasteiger partial charge on any atom is -0.469 e. The molecule has 0 saturated heterocycles. The van der Waals surface area contributed by atoms with Gasteiger partial charge in [0.1, 0.15) is 0 Å². The molecule has 0 aliphatic heterocycles. The van der Waals surface area contributed by atoms with Crippen molar-refractivity contribution in [2.45, 2.75) is 12.8 Å². The van der Waals surface area contributed by atoms with Crippen LogP contribution in [0.25, 0.3) is 0 Å². The Bertz CT molecular complexity index is 374. The standard InChI is InChI=1S/C11H11BrO2/c1-14-11(13)9-4-7-2-3-10(12)6-8(7)5-9/h2-3,6,9H,4-5H2,1H3/t9-/m0/s1. The number of benzene rings is 1. The molecule has 74 valence electrons. The third kappa shape index (κ3) is 1.69. The SMILES string of the molecule is COC(=O)[C@H]1Cc2ccc(Br)cc2C1. The number of fused-ring (bicyclic) bond motifs is 1. The highest BCUT2D eigenvalue weighted by molar-refractivity contribution is 9.10. The number of carbonyl (C=O) groups excluding carboxylic acids is 1. The van der Waals surface area contributed by atoms with Gasteiger partial charge in [-0.15, -0.1) is 0 Å². The fraction of sp³-hybridized carbons (Fsp3) is 0.364. The zero-order valence-corrected chi connectivity index (χ0v) is 9.50. The van der Waals surface area contributed by atoms with Crippen molar-refractivity contribution in [2.75, 3.05) is 7.11 Å². The Morgan fingerprint density at radius 2 is 2.14 bits per heavy atom. The second kappa shape index (κ2) is 3.73. The fourth-order valence-corrected chi connectivity index (χ4v) is 2.33. The van der Waals surface area contributed by atoms with E-state index in [0.717, 1.165) is 17.3 Å². The monoisotopic (exact) mass is 254 g/mol. The number of esters is 1. The molecule has 0 spiro atoms. The van der Waals surface area contributed by atoms with Crippen LogP contribution in [0.2, 0.25) is 0 Å². The van der Waals surface area contributed by atoms with E-state index in [9.17, 15) is 4.79 Å². The zero-order valence-electron chi connectivity index (χ0n) is 7.92. The van der Waals surface area contributed by atoms with Gasteiger partial charge in [0.05, 0.1) is 13.0 Å². The van der Waals surface area contributed by atoms with Crippen molar-refractivity contribution in [3.8, 4) is 0 Å². The maximum Gasteiger partial charge on any atom is 0.309 e. The Morgan fingerprint density at radius 1 is 1.43 bits per heavy atom. The summed E-state index contributed by atoms with van der Waals surface area (Å²) in [5.74, 6) is -0.0818. The maximum atomic E-state index is 11.3. The van der Waals surface area contributed by atoms with Crippen LogP contribution in [-0.4, -0.2) is 13.1 Å². The summed E-state index contributed by atoms with van der Waals surface area (Å²) in [5, 5.41) is 0. The van der Waals surface area contributed by atoms with E-state index < -0.39 is 0 Å². The minimum atomic E-state index is -0.0997. The Kier molecular flexibility index (Phi) is 2.59. The van der Waals surface area contributed by atoms with Crippen molar-refractivity contribution in [2.24, 2.45) is 5.92 Å². The van der Waals surface area contributed by atoms with E-state index >= 15 is 0 Å². The van der Waals surface area contributed by atoms with Crippen LogP contribution in [0.15, 0.2) is 22.7 Å². The van der Waals surface area contributed by atoms with Crippen molar-refractivity contribution in [3.05, 3.63) is 33.8 Å². The number of hydrogen-bond acceptors (Lipinski definition) is 2. The summed E-state index contributed by atoms with van der Waals surface area (Å²) < 4.78 is 5.82. The van der Waals surface area contributed by atoms with Crippen molar-refractivity contribution < 1.29 is 9.53 Å². The number of halogens is 1. The lowest BCUT2D eigenvalue weighted by Crippen LogP contribution is -2.15. The van der Waals surface area contributed by atoms with Gasteiger partial charge in [-0.2, -0.15) is 0 Å². The number of methoxy groups -OCH3 is 1. The summed E-state index contributed by atoms with van der Waals surface area (Å²) in [6.45, 7) is 0. The molecular formula is C11H11BrO2. The van der Waals surface area contributed by atoms with Gasteiger partial charge >= 0.3 is 5.97 Å². The van der Waals surface area contributed by atoms with E-state index in [1.54, 1.807) is 0 Å². The van der Waals surface area contributed by atoms with Crippen molar-refractivity contribution >= 4 is 21.9 Å². The molecule has 0 bridgehead atoms. The molecule has 0 aromatic heterocycles. The molecular weight excluding hydrogens is 244 g/mol. The van der Waals surface area contributed by atoms with Gasteiger partial charge in [-0.05, 0) is 36.1 Å². The zero-order chi connectivity index (χ0) is 10.1. The lowest BCUT2D eigenvalue weighted by atomic mass is 10.1. The van der Waals surface area contributed by atoms with Crippen molar-refractivity contribution in [1.82, 2.24) is 0 Å². The van der Waals surface area contributed by atoms with Crippen LogP contribution in [0.4, 0.5) is 0 Å². The summed E-state index contributed by atoms with van der Waals surface area (Å²) in [6, 6.07) is 6.17. The van der Waals surface area contributed by atoms with Gasteiger partial charge in [-0.25, -0.2) is 0 Å². The summed E-state index contributed by atoms with van der Waals surface area (Å²) in [6.07, 6.45) is 1.62. The van der Waals surface area contributed by atoms with Crippen molar-refractivity contribution in [3.63, 3.8) is 0 Å². The highest BCUT2D eigenvalue weighted by Gasteiger charge is 2.27. The fourth-order valence-electron chi connectivity index (χ4n) is 1.92. The van der Waals surface area contributed by atoms with Gasteiger partial charge in [0, 0.05) is 4.47 Å². The van der Waals surface area contributed by atoms with Crippen LogP contribution in [0.1, 0.15) is 11.1 Å². The molecule has 1 aromatic rings. The third-order valence-corrected chi connectivity index (χ3v) is 3.13. The highest BCUT2D eigenvalue weighted by Crippen LogP contribution is 2.29. The van der Waals surface area contributed by atoms with Gasteiger partial charge in [0.2, 0.25) is 0 Å². The van der Waals surface area contributed by atoms with Crippen LogP contribution in [-0.2, 0) is 22.4 Å². The van der Waals surface area contributed by atoms with Crippen LogP contribution >= 0.6 is 15.9 Å². The number of carbonyl (C=O) groups is 1. The van der Waals surface area contributed by atoms with Crippen molar-refractivity contribution in [1.29, 1.82) is 0 Å². The highest BCUT2D eigenvalue weighted by atomic mass is 79.9. The first-order chi connectivity index (χ1) is 6.70. The lowest BCUT2D eigenvalue weighted by molar-refractivity contribution is -0.145. The molecule has 0 saturated carbocycles. The predicted molar refractivity (Wildman–Crippen MR) is 57.1 cm³/mol. The molecule has 2 rings (SSSR count). The van der Waals surface area contributed by atoms with E-state index in [2.05, 4.69) is 28.1 Å². The molecule has 1 aliphatic carbocycles. The quantitative estimate of drug-likeness (QED) is 0.720. The molecule has 14 heavy (non-hydrogen) atoms.